The molecule has 10 heteroatoms. The van der Waals surface area contributed by atoms with E-state index in [4.69, 9.17) is 28.4 Å². The van der Waals surface area contributed by atoms with Gasteiger partial charge in [0.15, 0.2) is 6.29 Å². The molecule has 46 heavy (non-hydrogen) atoms. The summed E-state index contributed by atoms with van der Waals surface area (Å²) in [5.74, 6) is 1.09. The van der Waals surface area contributed by atoms with E-state index < -0.39 is 18.0 Å². The average Bonchev–Trinajstić information content (AvgIpc) is 3.05. The largest absolute Gasteiger partial charge is 0.497 e. The lowest BCUT2D eigenvalue weighted by Gasteiger charge is -2.57. The number of halogens is 2. The van der Waals surface area contributed by atoms with E-state index in [-0.39, 0.29) is 29.0 Å². The summed E-state index contributed by atoms with van der Waals surface area (Å²) in [5, 5.41) is 0. The number of rotatable bonds is 11. The van der Waals surface area contributed by atoms with Gasteiger partial charge in [-0.3, -0.25) is 4.90 Å². The number of hydrogen-bond acceptors (Lipinski definition) is 8. The van der Waals surface area contributed by atoms with Crippen LogP contribution in [0.1, 0.15) is 58.3 Å². The van der Waals surface area contributed by atoms with Crippen molar-refractivity contribution in [2.45, 2.75) is 88.7 Å². The van der Waals surface area contributed by atoms with Gasteiger partial charge in [-0.15, -0.1) is 0 Å². The number of allylic oxidation sites excluding steroid dienone is 2. The molecule has 0 radical (unpaired) electrons. The molecule has 2 saturated heterocycles. The fourth-order valence-electron chi connectivity index (χ4n) is 9.12. The minimum Gasteiger partial charge on any atom is -0.497 e. The fraction of sp³-hybridized carbons (Fsp3) is 0.722. The third-order valence-electron chi connectivity index (χ3n) is 12.0. The van der Waals surface area contributed by atoms with Crippen LogP contribution in [0.2, 0.25) is 0 Å². The second-order valence-electron chi connectivity index (χ2n) is 14.3. The molecular weight excluding hydrogens is 594 g/mol. The second-order valence-corrected chi connectivity index (χ2v) is 14.3. The Morgan fingerprint density at radius 3 is 2.11 bits per heavy atom. The van der Waals surface area contributed by atoms with Crippen LogP contribution in [0.3, 0.4) is 0 Å². The van der Waals surface area contributed by atoms with Gasteiger partial charge in [0.1, 0.15) is 23.4 Å². The van der Waals surface area contributed by atoms with Crippen LogP contribution in [0, 0.1) is 22.6 Å². The summed E-state index contributed by atoms with van der Waals surface area (Å²) in [6.07, 6.45) is 10.2. The summed E-state index contributed by atoms with van der Waals surface area (Å²) in [4.78, 5) is 4.34. The van der Waals surface area contributed by atoms with Gasteiger partial charge in [-0.25, -0.2) is 8.78 Å². The summed E-state index contributed by atoms with van der Waals surface area (Å²) < 4.78 is 67.2. The molecule has 0 amide bonds. The van der Waals surface area contributed by atoms with Gasteiger partial charge in [0.2, 0.25) is 12.0 Å². The standard InChI is InChI=1S/C36H52F2N2O6/c1-24-19-29(40-15-11-34(12-16-40)22-25(23-34)32(42-3)43-4)36(38,33(44-5)45-6)31(20-24)46-30-9-10-35(30)13-17-39(18-14-35)28-21-26(41-2)7-8-27(28)37/h7-8,19-21,25,29-30,32-33H,9-18,22-23H2,1-6H3. The van der Waals surface area contributed by atoms with E-state index in [1.807, 2.05) is 19.1 Å². The lowest BCUT2D eigenvalue weighted by molar-refractivity contribution is -0.218. The molecule has 2 spiro atoms. The minimum absolute atomic E-state index is 0.0751. The Bertz CT molecular complexity index is 1280. The molecule has 1 aromatic rings. The Labute approximate surface area is 273 Å². The lowest BCUT2D eigenvalue weighted by Crippen LogP contribution is -2.63. The topological polar surface area (TPSA) is 61.9 Å². The number of benzene rings is 1. The molecule has 256 valence electrons. The summed E-state index contributed by atoms with van der Waals surface area (Å²) in [6, 6.07) is 4.29. The van der Waals surface area contributed by atoms with E-state index in [1.54, 1.807) is 33.5 Å². The third-order valence-corrected chi connectivity index (χ3v) is 12.0. The molecule has 1 aromatic carbocycles. The number of anilines is 1. The molecule has 5 aliphatic rings. The van der Waals surface area contributed by atoms with E-state index in [0.717, 1.165) is 70.0 Å². The van der Waals surface area contributed by atoms with Gasteiger partial charge >= 0.3 is 0 Å². The van der Waals surface area contributed by atoms with Crippen molar-refractivity contribution in [3.63, 3.8) is 0 Å². The van der Waals surface area contributed by atoms with Gasteiger partial charge in [0.05, 0.1) is 18.8 Å². The number of ether oxygens (including phenoxy) is 6. The molecular formula is C36H52F2N2O6. The zero-order valence-corrected chi connectivity index (χ0v) is 28.4. The van der Waals surface area contributed by atoms with Gasteiger partial charge in [-0.2, -0.15) is 0 Å². The molecule has 3 atom stereocenters. The predicted octanol–water partition coefficient (Wildman–Crippen LogP) is 6.25. The van der Waals surface area contributed by atoms with Crippen molar-refractivity contribution >= 4 is 5.69 Å². The Morgan fingerprint density at radius 1 is 0.870 bits per heavy atom. The number of likely N-dealkylation sites (tertiary alicyclic amines) is 1. The van der Waals surface area contributed by atoms with Gasteiger partial charge in [-0.05, 0) is 101 Å². The first-order valence-corrected chi connectivity index (χ1v) is 16.8. The van der Waals surface area contributed by atoms with Crippen LogP contribution in [-0.4, -0.2) is 97.0 Å². The Balaban J connectivity index is 1.15. The molecule has 3 unspecified atom stereocenters. The zero-order valence-electron chi connectivity index (χ0n) is 28.4. The zero-order chi connectivity index (χ0) is 32.7. The lowest BCUT2D eigenvalue weighted by atomic mass is 9.57. The Kier molecular flexibility index (Phi) is 9.76. The van der Waals surface area contributed by atoms with Crippen LogP contribution in [0.4, 0.5) is 14.5 Å². The monoisotopic (exact) mass is 646 g/mol. The maximum Gasteiger partial charge on any atom is 0.236 e. The maximum atomic E-state index is 17.9. The SMILES string of the molecule is COc1ccc(F)c(N2CCC3(CCC3OC3=CC(C)=CC(N4CCC5(CC4)CC(C(OC)OC)C5)C3(F)C(OC)OC)CC2)c1. The van der Waals surface area contributed by atoms with Crippen molar-refractivity contribution in [3.05, 3.63) is 47.5 Å². The number of methoxy groups -OCH3 is 5. The molecule has 0 N–H and O–H groups in total. The van der Waals surface area contributed by atoms with Crippen LogP contribution in [0.25, 0.3) is 0 Å². The van der Waals surface area contributed by atoms with E-state index >= 15 is 4.39 Å². The second kappa shape index (κ2) is 13.3. The molecule has 4 fully saturated rings. The van der Waals surface area contributed by atoms with E-state index in [2.05, 4.69) is 9.80 Å². The first-order chi connectivity index (χ1) is 22.1. The van der Waals surface area contributed by atoms with Crippen LogP contribution in [0.5, 0.6) is 5.75 Å². The highest BCUT2D eigenvalue weighted by Crippen LogP contribution is 2.56. The summed E-state index contributed by atoms with van der Waals surface area (Å²) >= 11 is 0. The number of nitrogens with zero attached hydrogens (tertiary/aromatic N) is 2. The molecule has 0 bridgehead atoms. The van der Waals surface area contributed by atoms with Crippen molar-refractivity contribution in [2.24, 2.45) is 16.7 Å². The van der Waals surface area contributed by atoms with Gasteiger partial charge in [0.25, 0.3) is 0 Å². The van der Waals surface area contributed by atoms with Crippen LogP contribution < -0.4 is 9.64 Å². The highest BCUT2D eigenvalue weighted by Gasteiger charge is 2.59. The first kappa shape index (κ1) is 33.7. The van der Waals surface area contributed by atoms with Crippen molar-refractivity contribution in [1.29, 1.82) is 0 Å². The van der Waals surface area contributed by atoms with E-state index in [0.29, 0.717) is 36.2 Å². The van der Waals surface area contributed by atoms with Crippen molar-refractivity contribution in [3.8, 4) is 5.75 Å². The molecule has 8 nitrogen and oxygen atoms in total. The van der Waals surface area contributed by atoms with Crippen LogP contribution >= 0.6 is 0 Å². The third kappa shape index (κ3) is 5.87. The average molecular weight is 647 g/mol. The fourth-order valence-corrected chi connectivity index (χ4v) is 9.12. The quantitative estimate of drug-likeness (QED) is 0.262. The molecule has 2 aliphatic heterocycles. The molecule has 6 rings (SSSR count). The normalized spacial score (nSPS) is 29.5. The highest BCUT2D eigenvalue weighted by atomic mass is 19.1. The molecule has 3 aliphatic carbocycles. The summed E-state index contributed by atoms with van der Waals surface area (Å²) in [7, 11) is 7.99. The van der Waals surface area contributed by atoms with Gasteiger partial charge in [-0.1, -0.05) is 6.08 Å². The van der Waals surface area contributed by atoms with Gasteiger partial charge < -0.3 is 33.3 Å². The molecule has 2 saturated carbocycles. The first-order valence-electron chi connectivity index (χ1n) is 16.8. The predicted molar refractivity (Wildman–Crippen MR) is 172 cm³/mol. The Hall–Kier alpha value is -2.24. The smallest absolute Gasteiger partial charge is 0.236 e. The minimum atomic E-state index is -2.02. The van der Waals surface area contributed by atoms with Crippen LogP contribution in [0.15, 0.2) is 41.7 Å². The molecule has 2 heterocycles. The van der Waals surface area contributed by atoms with Crippen LogP contribution in [-0.2, 0) is 23.7 Å². The number of piperidine rings is 2. The van der Waals surface area contributed by atoms with Crippen molar-refractivity contribution in [2.75, 3.05) is 66.6 Å². The van der Waals surface area contributed by atoms with E-state index in [1.165, 1.54) is 20.3 Å². The van der Waals surface area contributed by atoms with E-state index in [9.17, 15) is 4.39 Å². The van der Waals surface area contributed by atoms with Crippen molar-refractivity contribution < 1.29 is 37.2 Å². The summed E-state index contributed by atoms with van der Waals surface area (Å²) in [6.45, 7) is 5.00. The number of hydrogen-bond donors (Lipinski definition) is 0. The van der Waals surface area contributed by atoms with Gasteiger partial charge in [0, 0.05) is 58.9 Å². The number of alkyl halides is 1. The molecule has 0 aromatic heterocycles. The van der Waals surface area contributed by atoms with Crippen molar-refractivity contribution in [1.82, 2.24) is 4.90 Å². The Morgan fingerprint density at radius 2 is 1.54 bits per heavy atom. The summed E-state index contributed by atoms with van der Waals surface area (Å²) in [5.41, 5.74) is -0.292. The highest BCUT2D eigenvalue weighted by molar-refractivity contribution is 5.52. The maximum absolute atomic E-state index is 17.9.